The van der Waals surface area contributed by atoms with Crippen molar-refractivity contribution in [3.63, 3.8) is 0 Å². The van der Waals surface area contributed by atoms with Crippen LogP contribution in [0.5, 0.6) is 0 Å². The highest BCUT2D eigenvalue weighted by Crippen LogP contribution is 2.28. The maximum atomic E-state index is 12.8. The molecule has 0 aliphatic carbocycles. The first-order valence-electron chi connectivity index (χ1n) is 10.2. The van der Waals surface area contributed by atoms with Crippen LogP contribution < -0.4 is 5.32 Å². The van der Waals surface area contributed by atoms with Gasteiger partial charge in [-0.25, -0.2) is 4.52 Å². The van der Waals surface area contributed by atoms with E-state index in [4.69, 9.17) is 11.6 Å². The van der Waals surface area contributed by atoms with Gasteiger partial charge >= 0.3 is 0 Å². The van der Waals surface area contributed by atoms with Crippen molar-refractivity contribution < 1.29 is 14.4 Å². The number of aromatic nitrogens is 3. The summed E-state index contributed by atoms with van der Waals surface area (Å²) in [6.45, 7) is 4.20. The minimum absolute atomic E-state index is 0.145. The zero-order chi connectivity index (χ0) is 23.3. The van der Waals surface area contributed by atoms with Crippen LogP contribution in [-0.4, -0.2) is 43.8 Å². The Kier molecular flexibility index (Phi) is 5.22. The first-order chi connectivity index (χ1) is 15.8. The molecular formula is C23H18ClN5O3S. The fourth-order valence-electron chi connectivity index (χ4n) is 3.69. The molecule has 0 unspecified atom stereocenters. The van der Waals surface area contributed by atoms with Gasteiger partial charge in [0.05, 0.1) is 16.8 Å². The summed E-state index contributed by atoms with van der Waals surface area (Å²) in [5.41, 5.74) is 2.53. The number of nitrogens with zero attached hydrogens (tertiary/aromatic N) is 4. The van der Waals surface area contributed by atoms with Crippen molar-refractivity contribution in [2.75, 3.05) is 11.9 Å². The summed E-state index contributed by atoms with van der Waals surface area (Å²) in [5, 5.41) is 9.64. The van der Waals surface area contributed by atoms with Gasteiger partial charge in [0.15, 0.2) is 0 Å². The molecule has 2 aromatic carbocycles. The lowest BCUT2D eigenvalue weighted by Gasteiger charge is -2.15. The van der Waals surface area contributed by atoms with Crippen molar-refractivity contribution in [3.8, 4) is 11.3 Å². The number of amides is 3. The van der Waals surface area contributed by atoms with Crippen LogP contribution in [0.2, 0.25) is 5.02 Å². The van der Waals surface area contributed by atoms with Gasteiger partial charge in [-0.05, 0) is 36.2 Å². The van der Waals surface area contributed by atoms with Gasteiger partial charge in [-0.3, -0.25) is 24.6 Å². The molecule has 4 aromatic rings. The molecule has 0 spiro atoms. The Morgan fingerprint density at radius 1 is 1.09 bits per heavy atom. The number of halogens is 1. The molecule has 1 aliphatic heterocycles. The van der Waals surface area contributed by atoms with Crippen LogP contribution >= 0.6 is 22.9 Å². The van der Waals surface area contributed by atoms with Gasteiger partial charge in [-0.1, -0.05) is 37.6 Å². The number of hydrogen-bond acceptors (Lipinski definition) is 6. The van der Waals surface area contributed by atoms with Crippen molar-refractivity contribution in [1.82, 2.24) is 19.5 Å². The molecule has 33 heavy (non-hydrogen) atoms. The van der Waals surface area contributed by atoms with Gasteiger partial charge in [0.1, 0.15) is 0 Å². The van der Waals surface area contributed by atoms with Crippen molar-refractivity contribution in [2.45, 2.75) is 13.8 Å². The number of imide groups is 1. The van der Waals surface area contributed by atoms with Crippen molar-refractivity contribution in [1.29, 1.82) is 0 Å². The predicted octanol–water partition coefficient (Wildman–Crippen LogP) is 4.62. The monoisotopic (exact) mass is 479 g/mol. The molecule has 0 atom stereocenters. The van der Waals surface area contributed by atoms with Gasteiger partial charge in [0.25, 0.3) is 23.7 Å². The Morgan fingerprint density at radius 2 is 1.82 bits per heavy atom. The quantitative estimate of drug-likeness (QED) is 0.421. The number of carbonyl (C=O) groups is 3. The number of hydrogen-bond donors (Lipinski definition) is 1. The fraction of sp³-hybridized carbons (Fsp3) is 0.174. The third-order valence-corrected chi connectivity index (χ3v) is 6.30. The standard InChI is InChI=1S/C23H18ClN5O3S/c1-12(2)10-28-20(31)16-8-5-14(9-17(16)21(28)32)19(30)25-22-26-23-29(27-22)18(11-33-23)13-3-6-15(24)7-4-13/h3-9,11-12H,10H2,1-2H3,(H,25,27,30). The van der Waals surface area contributed by atoms with E-state index >= 15 is 0 Å². The molecule has 3 heterocycles. The van der Waals surface area contributed by atoms with E-state index in [0.717, 1.165) is 11.3 Å². The smallest absolute Gasteiger partial charge is 0.261 e. The Morgan fingerprint density at radius 3 is 2.55 bits per heavy atom. The average Bonchev–Trinajstić information content (AvgIpc) is 3.42. The molecule has 0 bridgehead atoms. The maximum absolute atomic E-state index is 12.8. The summed E-state index contributed by atoms with van der Waals surface area (Å²) in [4.78, 5) is 44.3. The lowest BCUT2D eigenvalue weighted by molar-refractivity contribution is 0.0636. The molecule has 0 saturated carbocycles. The predicted molar refractivity (Wildman–Crippen MR) is 126 cm³/mol. The fourth-order valence-corrected chi connectivity index (χ4v) is 4.65. The van der Waals surface area contributed by atoms with Crippen LogP contribution in [0, 0.1) is 5.92 Å². The van der Waals surface area contributed by atoms with E-state index in [0.29, 0.717) is 22.1 Å². The first-order valence-corrected chi connectivity index (χ1v) is 11.5. The number of anilines is 1. The molecule has 10 heteroatoms. The Bertz CT molecular complexity index is 1420. The average molecular weight is 480 g/mol. The minimum Gasteiger partial charge on any atom is -0.289 e. The molecule has 1 aliphatic rings. The van der Waals surface area contributed by atoms with Gasteiger partial charge in [-0.2, -0.15) is 4.98 Å². The van der Waals surface area contributed by atoms with Gasteiger partial charge in [-0.15, -0.1) is 16.4 Å². The summed E-state index contributed by atoms with van der Waals surface area (Å²) in [7, 11) is 0. The van der Waals surface area contributed by atoms with E-state index in [1.54, 1.807) is 16.6 Å². The highest BCUT2D eigenvalue weighted by molar-refractivity contribution is 7.15. The number of nitrogens with one attached hydrogen (secondary N) is 1. The third kappa shape index (κ3) is 3.79. The maximum Gasteiger partial charge on any atom is 0.261 e. The molecular weight excluding hydrogens is 462 g/mol. The summed E-state index contributed by atoms with van der Waals surface area (Å²) in [5.74, 6) is -0.889. The van der Waals surface area contributed by atoms with Gasteiger partial charge in [0.2, 0.25) is 4.96 Å². The van der Waals surface area contributed by atoms with E-state index in [-0.39, 0.29) is 34.8 Å². The lowest BCUT2D eigenvalue weighted by Crippen LogP contribution is -2.33. The molecule has 166 valence electrons. The molecule has 1 N–H and O–H groups in total. The van der Waals surface area contributed by atoms with Crippen LogP contribution in [0.3, 0.4) is 0 Å². The van der Waals surface area contributed by atoms with Gasteiger partial charge in [0, 0.05) is 28.1 Å². The van der Waals surface area contributed by atoms with Crippen LogP contribution in [0.1, 0.15) is 44.9 Å². The Balaban J connectivity index is 1.39. The number of thiazole rings is 1. The highest BCUT2D eigenvalue weighted by atomic mass is 35.5. The molecule has 8 nitrogen and oxygen atoms in total. The van der Waals surface area contributed by atoms with Crippen molar-refractivity contribution in [3.05, 3.63) is 69.6 Å². The Labute approximate surface area is 197 Å². The number of rotatable bonds is 5. The normalized spacial score (nSPS) is 13.3. The third-order valence-electron chi connectivity index (χ3n) is 5.23. The van der Waals surface area contributed by atoms with Crippen LogP contribution in [0.25, 0.3) is 16.2 Å². The van der Waals surface area contributed by atoms with E-state index in [9.17, 15) is 14.4 Å². The van der Waals surface area contributed by atoms with Crippen molar-refractivity contribution >= 4 is 51.6 Å². The molecule has 3 amide bonds. The second-order valence-electron chi connectivity index (χ2n) is 8.09. The summed E-state index contributed by atoms with van der Waals surface area (Å²) in [6.07, 6.45) is 0. The summed E-state index contributed by atoms with van der Waals surface area (Å²) < 4.78 is 1.65. The number of carbonyl (C=O) groups excluding carboxylic acids is 3. The van der Waals surface area contributed by atoms with E-state index < -0.39 is 5.91 Å². The number of fused-ring (bicyclic) bond motifs is 2. The highest BCUT2D eigenvalue weighted by Gasteiger charge is 2.36. The zero-order valence-corrected chi connectivity index (χ0v) is 19.3. The van der Waals surface area contributed by atoms with E-state index in [2.05, 4.69) is 15.4 Å². The van der Waals surface area contributed by atoms with Crippen molar-refractivity contribution in [2.24, 2.45) is 5.92 Å². The lowest BCUT2D eigenvalue weighted by atomic mass is 10.1. The first kappa shape index (κ1) is 21.3. The topological polar surface area (TPSA) is 96.7 Å². The summed E-state index contributed by atoms with van der Waals surface area (Å²) >= 11 is 7.37. The van der Waals surface area contributed by atoms with E-state index in [1.807, 2.05) is 31.4 Å². The molecule has 0 fully saturated rings. The SMILES string of the molecule is CC(C)CN1C(=O)c2ccc(C(=O)Nc3nc4scc(-c5ccc(Cl)cc5)n4n3)cc2C1=O. The minimum atomic E-state index is -0.466. The van der Waals surface area contributed by atoms with E-state index in [1.165, 1.54) is 34.4 Å². The molecule has 2 aromatic heterocycles. The molecule has 5 rings (SSSR count). The summed E-state index contributed by atoms with van der Waals surface area (Å²) in [6, 6.07) is 11.8. The second kappa shape index (κ2) is 8.09. The second-order valence-corrected chi connectivity index (χ2v) is 9.36. The molecule has 0 radical (unpaired) electrons. The Hall–Kier alpha value is -3.56. The van der Waals surface area contributed by atoms with Crippen LogP contribution in [0.15, 0.2) is 47.8 Å². The van der Waals surface area contributed by atoms with Gasteiger partial charge < -0.3 is 0 Å². The molecule has 0 saturated heterocycles. The largest absolute Gasteiger partial charge is 0.289 e. The van der Waals surface area contributed by atoms with Crippen LogP contribution in [0.4, 0.5) is 5.95 Å². The van der Waals surface area contributed by atoms with Crippen LogP contribution in [-0.2, 0) is 0 Å². The number of benzene rings is 2. The zero-order valence-electron chi connectivity index (χ0n) is 17.7.